The van der Waals surface area contributed by atoms with Gasteiger partial charge in [-0.25, -0.2) is 4.79 Å². The van der Waals surface area contributed by atoms with Crippen LogP contribution in [-0.2, 0) is 15.1 Å². The average molecular weight is 235 g/mol. The summed E-state index contributed by atoms with van der Waals surface area (Å²) in [5, 5.41) is 9.38. The zero-order valence-electron chi connectivity index (χ0n) is 10.5. The van der Waals surface area contributed by atoms with E-state index in [1.54, 1.807) is 12.1 Å². The molecule has 4 nitrogen and oxygen atoms in total. The van der Waals surface area contributed by atoms with Crippen molar-refractivity contribution in [3.8, 4) is 0 Å². The quantitative estimate of drug-likeness (QED) is 0.868. The standard InChI is InChI=1S/C13H17NO3/c1-9-5-7-11(8-6-9)13(3,12(16)17)14(4)10(2)15/h5-8H,1-4H3,(H,16,17). The number of hydrogen-bond acceptors (Lipinski definition) is 2. The Kier molecular flexibility index (Phi) is 3.56. The van der Waals surface area contributed by atoms with E-state index in [0.717, 1.165) is 5.56 Å². The molecule has 0 fully saturated rings. The highest BCUT2D eigenvalue weighted by molar-refractivity contribution is 5.86. The molecular formula is C13H17NO3. The summed E-state index contributed by atoms with van der Waals surface area (Å²) in [7, 11) is 1.50. The lowest BCUT2D eigenvalue weighted by atomic mass is 9.90. The van der Waals surface area contributed by atoms with E-state index in [1.807, 2.05) is 19.1 Å². The van der Waals surface area contributed by atoms with Crippen molar-refractivity contribution in [3.63, 3.8) is 0 Å². The first kappa shape index (κ1) is 13.2. The summed E-state index contributed by atoms with van der Waals surface area (Å²) in [4.78, 5) is 24.1. The van der Waals surface area contributed by atoms with Crippen molar-refractivity contribution in [1.29, 1.82) is 0 Å². The van der Waals surface area contributed by atoms with Gasteiger partial charge in [0.2, 0.25) is 5.91 Å². The number of carboxylic acid groups (broad SMARTS) is 1. The zero-order valence-corrected chi connectivity index (χ0v) is 10.5. The molecule has 0 aliphatic carbocycles. The Morgan fingerprint density at radius 1 is 1.24 bits per heavy atom. The van der Waals surface area contributed by atoms with Crippen LogP contribution in [0.15, 0.2) is 24.3 Å². The molecule has 0 aliphatic rings. The molecule has 1 rings (SSSR count). The number of carbonyl (C=O) groups is 2. The summed E-state index contributed by atoms with van der Waals surface area (Å²) in [6.07, 6.45) is 0. The molecule has 0 aliphatic heterocycles. The number of aliphatic carboxylic acids is 1. The normalized spacial score (nSPS) is 13.9. The minimum Gasteiger partial charge on any atom is -0.479 e. The largest absolute Gasteiger partial charge is 0.479 e. The summed E-state index contributed by atoms with van der Waals surface area (Å²) in [6.45, 7) is 4.81. The smallest absolute Gasteiger partial charge is 0.334 e. The van der Waals surface area contributed by atoms with Gasteiger partial charge in [0.1, 0.15) is 0 Å². The second-order valence-electron chi connectivity index (χ2n) is 4.32. The third-order valence-corrected chi connectivity index (χ3v) is 3.17. The molecule has 1 unspecified atom stereocenters. The maximum atomic E-state index is 11.5. The Bertz CT molecular complexity index is 438. The van der Waals surface area contributed by atoms with Crippen molar-refractivity contribution in [3.05, 3.63) is 35.4 Å². The maximum Gasteiger partial charge on any atom is 0.334 e. The predicted octanol–water partition coefficient (Wildman–Crippen LogP) is 1.77. The molecule has 0 bridgehead atoms. The van der Waals surface area contributed by atoms with E-state index in [1.165, 1.54) is 25.8 Å². The Hall–Kier alpha value is -1.84. The van der Waals surface area contributed by atoms with Crippen molar-refractivity contribution in [2.75, 3.05) is 7.05 Å². The summed E-state index contributed by atoms with van der Waals surface area (Å²) >= 11 is 0. The number of amides is 1. The number of benzene rings is 1. The monoisotopic (exact) mass is 235 g/mol. The Labute approximate surface area is 101 Å². The second kappa shape index (κ2) is 4.57. The van der Waals surface area contributed by atoms with Gasteiger partial charge in [-0.3, -0.25) is 4.79 Å². The van der Waals surface area contributed by atoms with Crippen LogP contribution in [0.1, 0.15) is 25.0 Å². The van der Waals surface area contributed by atoms with Crippen molar-refractivity contribution in [2.45, 2.75) is 26.3 Å². The van der Waals surface area contributed by atoms with E-state index in [0.29, 0.717) is 5.56 Å². The first-order valence-corrected chi connectivity index (χ1v) is 5.35. The lowest BCUT2D eigenvalue weighted by molar-refractivity contribution is -0.156. The van der Waals surface area contributed by atoms with Crippen LogP contribution in [0.25, 0.3) is 0 Å². The van der Waals surface area contributed by atoms with Crippen molar-refractivity contribution in [2.24, 2.45) is 0 Å². The van der Waals surface area contributed by atoms with Crippen LogP contribution in [0.3, 0.4) is 0 Å². The van der Waals surface area contributed by atoms with Gasteiger partial charge in [0, 0.05) is 14.0 Å². The zero-order chi connectivity index (χ0) is 13.2. The molecule has 4 heteroatoms. The highest BCUT2D eigenvalue weighted by atomic mass is 16.4. The molecule has 1 N–H and O–H groups in total. The molecule has 1 amide bonds. The summed E-state index contributed by atoms with van der Waals surface area (Å²) < 4.78 is 0. The highest BCUT2D eigenvalue weighted by Gasteiger charge is 2.40. The van der Waals surface area contributed by atoms with Gasteiger partial charge >= 0.3 is 5.97 Å². The topological polar surface area (TPSA) is 57.6 Å². The van der Waals surface area contributed by atoms with E-state index in [-0.39, 0.29) is 5.91 Å². The van der Waals surface area contributed by atoms with Gasteiger partial charge in [0.25, 0.3) is 0 Å². The fourth-order valence-corrected chi connectivity index (χ4v) is 1.65. The SMILES string of the molecule is CC(=O)N(C)C(C)(C(=O)O)c1ccc(C)cc1. The average Bonchev–Trinajstić information content (AvgIpc) is 2.27. The Balaban J connectivity index is 3.30. The number of aryl methyl sites for hydroxylation is 1. The molecule has 92 valence electrons. The molecule has 0 saturated heterocycles. The number of carboxylic acids is 1. The van der Waals surface area contributed by atoms with E-state index in [9.17, 15) is 14.7 Å². The van der Waals surface area contributed by atoms with Gasteiger partial charge < -0.3 is 10.0 Å². The van der Waals surface area contributed by atoms with Crippen LogP contribution in [0.5, 0.6) is 0 Å². The van der Waals surface area contributed by atoms with Gasteiger partial charge in [-0.05, 0) is 19.4 Å². The number of carbonyl (C=O) groups excluding carboxylic acids is 1. The molecular weight excluding hydrogens is 218 g/mol. The summed E-state index contributed by atoms with van der Waals surface area (Å²) in [5.41, 5.74) is 0.305. The first-order valence-electron chi connectivity index (χ1n) is 5.35. The minimum absolute atomic E-state index is 0.282. The Morgan fingerprint density at radius 2 is 1.71 bits per heavy atom. The van der Waals surface area contributed by atoms with E-state index < -0.39 is 11.5 Å². The number of rotatable bonds is 3. The number of hydrogen-bond donors (Lipinski definition) is 1. The van der Waals surface area contributed by atoms with Crippen molar-refractivity contribution in [1.82, 2.24) is 4.90 Å². The summed E-state index contributed by atoms with van der Waals surface area (Å²) in [5.74, 6) is -1.32. The van der Waals surface area contributed by atoms with Gasteiger partial charge in [-0.15, -0.1) is 0 Å². The van der Waals surface area contributed by atoms with Crippen LogP contribution in [0.4, 0.5) is 0 Å². The lowest BCUT2D eigenvalue weighted by Gasteiger charge is -2.34. The highest BCUT2D eigenvalue weighted by Crippen LogP contribution is 2.28. The van der Waals surface area contributed by atoms with Crippen molar-refractivity contribution >= 4 is 11.9 Å². The van der Waals surface area contributed by atoms with Crippen LogP contribution < -0.4 is 0 Å². The van der Waals surface area contributed by atoms with Crippen molar-refractivity contribution < 1.29 is 14.7 Å². The summed E-state index contributed by atoms with van der Waals surface area (Å²) in [6, 6.07) is 7.15. The van der Waals surface area contributed by atoms with Crippen LogP contribution in [-0.4, -0.2) is 28.9 Å². The molecule has 1 atom stereocenters. The molecule has 0 aromatic heterocycles. The van der Waals surface area contributed by atoms with Gasteiger partial charge in [0.05, 0.1) is 0 Å². The fraction of sp³-hybridized carbons (Fsp3) is 0.385. The van der Waals surface area contributed by atoms with Crippen LogP contribution in [0.2, 0.25) is 0 Å². The first-order chi connectivity index (χ1) is 7.80. The van der Waals surface area contributed by atoms with Gasteiger partial charge in [-0.2, -0.15) is 0 Å². The molecule has 0 saturated carbocycles. The molecule has 0 spiro atoms. The maximum absolute atomic E-state index is 11.5. The van der Waals surface area contributed by atoms with E-state index in [2.05, 4.69) is 0 Å². The molecule has 17 heavy (non-hydrogen) atoms. The van der Waals surface area contributed by atoms with Crippen LogP contribution >= 0.6 is 0 Å². The third-order valence-electron chi connectivity index (χ3n) is 3.17. The minimum atomic E-state index is -1.33. The fourth-order valence-electron chi connectivity index (χ4n) is 1.65. The number of likely N-dealkylation sites (N-methyl/N-ethyl adjacent to an activating group) is 1. The second-order valence-corrected chi connectivity index (χ2v) is 4.32. The Morgan fingerprint density at radius 3 is 2.06 bits per heavy atom. The molecule has 1 aromatic rings. The molecule has 0 heterocycles. The lowest BCUT2D eigenvalue weighted by Crippen LogP contribution is -2.49. The molecule has 0 radical (unpaired) electrons. The van der Waals surface area contributed by atoms with Gasteiger partial charge in [-0.1, -0.05) is 29.8 Å². The third kappa shape index (κ3) is 2.30. The number of nitrogens with zero attached hydrogens (tertiary/aromatic N) is 1. The predicted molar refractivity (Wildman–Crippen MR) is 64.6 cm³/mol. The van der Waals surface area contributed by atoms with Gasteiger partial charge in [0.15, 0.2) is 5.54 Å². The van der Waals surface area contributed by atoms with Crippen LogP contribution in [0, 0.1) is 6.92 Å². The molecule has 1 aromatic carbocycles. The van der Waals surface area contributed by atoms with E-state index >= 15 is 0 Å². The van der Waals surface area contributed by atoms with E-state index in [4.69, 9.17) is 0 Å².